The first-order valence-electron chi connectivity index (χ1n) is 5.95. The molecular formula is C16H12O2. The van der Waals surface area contributed by atoms with Gasteiger partial charge in [-0.1, -0.05) is 36.4 Å². The van der Waals surface area contributed by atoms with Crippen LogP contribution in [-0.4, -0.2) is 11.6 Å². The van der Waals surface area contributed by atoms with Crippen molar-refractivity contribution in [2.75, 3.05) is 0 Å². The second-order valence-electron chi connectivity index (χ2n) is 4.52. The Balaban J connectivity index is 2.49. The second-order valence-corrected chi connectivity index (χ2v) is 4.52. The van der Waals surface area contributed by atoms with E-state index in [9.17, 15) is 9.59 Å². The molecule has 0 spiro atoms. The minimum Gasteiger partial charge on any atom is -0.294 e. The van der Waals surface area contributed by atoms with Crippen molar-refractivity contribution in [3.63, 3.8) is 0 Å². The average molecular weight is 236 g/mol. The maximum absolute atomic E-state index is 11.9. The van der Waals surface area contributed by atoms with Crippen LogP contribution >= 0.6 is 0 Å². The Morgan fingerprint density at radius 1 is 1.17 bits per heavy atom. The zero-order valence-electron chi connectivity index (χ0n) is 10.1. The standard InChI is InChI=1S/C16H12O2/c1-10(17)14-9-15-13(7-4-8-16(15)18)11-5-2-3-6-12(11)14/h2-7,9H,8H2,1H3. The Bertz CT molecular complexity index is 708. The number of hydrogen-bond acceptors (Lipinski definition) is 2. The predicted molar refractivity (Wildman–Crippen MR) is 71.9 cm³/mol. The number of allylic oxidation sites excluding steroid dienone is 1. The first-order chi connectivity index (χ1) is 8.68. The van der Waals surface area contributed by atoms with E-state index >= 15 is 0 Å². The fourth-order valence-corrected chi connectivity index (χ4v) is 2.49. The summed E-state index contributed by atoms with van der Waals surface area (Å²) in [5, 5.41) is 1.90. The lowest BCUT2D eigenvalue weighted by atomic mass is 9.88. The first-order valence-corrected chi connectivity index (χ1v) is 5.95. The van der Waals surface area contributed by atoms with Gasteiger partial charge in [-0.05, 0) is 29.3 Å². The molecule has 2 nitrogen and oxygen atoms in total. The van der Waals surface area contributed by atoms with E-state index < -0.39 is 0 Å². The summed E-state index contributed by atoms with van der Waals surface area (Å²) in [5.41, 5.74) is 2.24. The molecule has 0 amide bonds. The summed E-state index contributed by atoms with van der Waals surface area (Å²) in [6.07, 6.45) is 4.27. The van der Waals surface area contributed by atoms with Crippen LogP contribution in [0.3, 0.4) is 0 Å². The molecule has 0 heterocycles. The summed E-state index contributed by atoms with van der Waals surface area (Å²) in [5.74, 6) is 0.0807. The van der Waals surface area contributed by atoms with Gasteiger partial charge in [-0.3, -0.25) is 9.59 Å². The minimum atomic E-state index is -0.00338. The fourth-order valence-electron chi connectivity index (χ4n) is 2.49. The van der Waals surface area contributed by atoms with Crippen LogP contribution in [-0.2, 0) is 0 Å². The van der Waals surface area contributed by atoms with Crippen molar-refractivity contribution in [3.8, 4) is 0 Å². The lowest BCUT2D eigenvalue weighted by Gasteiger charge is -2.15. The van der Waals surface area contributed by atoms with E-state index in [1.807, 2.05) is 36.4 Å². The molecule has 1 aliphatic carbocycles. The van der Waals surface area contributed by atoms with Gasteiger partial charge < -0.3 is 0 Å². The third-order valence-electron chi connectivity index (χ3n) is 3.35. The summed E-state index contributed by atoms with van der Waals surface area (Å²) in [6.45, 7) is 1.54. The molecule has 2 heteroatoms. The molecule has 88 valence electrons. The lowest BCUT2D eigenvalue weighted by molar-refractivity contribution is 0.0994. The van der Waals surface area contributed by atoms with Crippen LogP contribution in [0.4, 0.5) is 0 Å². The number of Topliss-reactive ketones (excluding diaryl/α,β-unsaturated/α-hetero) is 2. The van der Waals surface area contributed by atoms with Crippen molar-refractivity contribution in [2.45, 2.75) is 13.3 Å². The smallest absolute Gasteiger partial charge is 0.167 e. The van der Waals surface area contributed by atoms with Crippen molar-refractivity contribution in [1.82, 2.24) is 0 Å². The number of carbonyl (C=O) groups is 2. The van der Waals surface area contributed by atoms with Crippen LogP contribution in [0.5, 0.6) is 0 Å². The van der Waals surface area contributed by atoms with Crippen LogP contribution in [0, 0.1) is 0 Å². The average Bonchev–Trinajstić information content (AvgIpc) is 2.38. The number of carbonyl (C=O) groups excluding carboxylic acids is 2. The molecular weight excluding hydrogens is 224 g/mol. The first kappa shape index (κ1) is 10.9. The summed E-state index contributed by atoms with van der Waals surface area (Å²) >= 11 is 0. The number of fused-ring (bicyclic) bond motifs is 3. The predicted octanol–water partition coefficient (Wildman–Crippen LogP) is 3.64. The Kier molecular flexibility index (Phi) is 2.37. The molecule has 18 heavy (non-hydrogen) atoms. The van der Waals surface area contributed by atoms with Gasteiger partial charge in [-0.25, -0.2) is 0 Å². The highest BCUT2D eigenvalue weighted by Gasteiger charge is 2.19. The topological polar surface area (TPSA) is 34.1 Å². The highest BCUT2D eigenvalue weighted by molar-refractivity contribution is 6.15. The quantitative estimate of drug-likeness (QED) is 0.708. The molecule has 0 bridgehead atoms. The Labute approximate surface area is 105 Å². The third-order valence-corrected chi connectivity index (χ3v) is 3.35. The highest BCUT2D eigenvalue weighted by atomic mass is 16.1. The van der Waals surface area contributed by atoms with E-state index in [-0.39, 0.29) is 11.6 Å². The van der Waals surface area contributed by atoms with Gasteiger partial charge >= 0.3 is 0 Å². The zero-order valence-corrected chi connectivity index (χ0v) is 10.1. The van der Waals surface area contributed by atoms with Gasteiger partial charge in [0.25, 0.3) is 0 Å². The fraction of sp³-hybridized carbons (Fsp3) is 0.125. The lowest BCUT2D eigenvalue weighted by Crippen LogP contribution is -2.07. The number of rotatable bonds is 1. The minimum absolute atomic E-state index is 0.00338. The molecule has 0 saturated carbocycles. The van der Waals surface area contributed by atoms with Gasteiger partial charge in [0.2, 0.25) is 0 Å². The van der Waals surface area contributed by atoms with Gasteiger partial charge in [0.15, 0.2) is 11.6 Å². The summed E-state index contributed by atoms with van der Waals surface area (Å²) < 4.78 is 0. The maximum Gasteiger partial charge on any atom is 0.167 e. The summed E-state index contributed by atoms with van der Waals surface area (Å²) in [4.78, 5) is 23.7. The Morgan fingerprint density at radius 3 is 2.61 bits per heavy atom. The maximum atomic E-state index is 11.9. The molecule has 0 aliphatic heterocycles. The molecule has 0 radical (unpaired) electrons. The van der Waals surface area contributed by atoms with E-state index in [0.717, 1.165) is 16.3 Å². The van der Waals surface area contributed by atoms with Crippen LogP contribution < -0.4 is 0 Å². The van der Waals surface area contributed by atoms with E-state index in [2.05, 4.69) is 0 Å². The van der Waals surface area contributed by atoms with Crippen molar-refractivity contribution >= 4 is 28.4 Å². The van der Waals surface area contributed by atoms with Crippen LogP contribution in [0.1, 0.15) is 39.6 Å². The zero-order chi connectivity index (χ0) is 12.7. The Hall–Kier alpha value is -2.22. The number of hydrogen-bond donors (Lipinski definition) is 0. The van der Waals surface area contributed by atoms with Crippen molar-refractivity contribution in [3.05, 3.63) is 53.1 Å². The van der Waals surface area contributed by atoms with Gasteiger partial charge in [0, 0.05) is 17.5 Å². The van der Waals surface area contributed by atoms with Crippen LogP contribution in [0.15, 0.2) is 36.4 Å². The molecule has 0 saturated heterocycles. The third kappa shape index (κ3) is 1.50. The summed E-state index contributed by atoms with van der Waals surface area (Å²) in [7, 11) is 0. The molecule has 2 aromatic carbocycles. The molecule has 3 rings (SSSR count). The molecule has 0 N–H and O–H groups in total. The molecule has 0 fully saturated rings. The van der Waals surface area contributed by atoms with Gasteiger partial charge in [-0.2, -0.15) is 0 Å². The molecule has 0 unspecified atom stereocenters. The second kappa shape index (κ2) is 3.91. The monoisotopic (exact) mass is 236 g/mol. The number of ketones is 2. The molecule has 2 aromatic rings. The normalized spacial score (nSPS) is 13.7. The van der Waals surface area contributed by atoms with Gasteiger partial charge in [0.05, 0.1) is 0 Å². The molecule has 1 aliphatic rings. The van der Waals surface area contributed by atoms with E-state index in [0.29, 0.717) is 17.5 Å². The van der Waals surface area contributed by atoms with E-state index in [1.54, 1.807) is 6.07 Å². The number of benzene rings is 2. The Morgan fingerprint density at radius 2 is 1.89 bits per heavy atom. The van der Waals surface area contributed by atoms with Crippen LogP contribution in [0.25, 0.3) is 16.8 Å². The van der Waals surface area contributed by atoms with Crippen LogP contribution in [0.2, 0.25) is 0 Å². The van der Waals surface area contributed by atoms with Crippen molar-refractivity contribution < 1.29 is 9.59 Å². The van der Waals surface area contributed by atoms with Crippen molar-refractivity contribution in [2.24, 2.45) is 0 Å². The largest absolute Gasteiger partial charge is 0.294 e. The van der Waals surface area contributed by atoms with Gasteiger partial charge in [0.1, 0.15) is 0 Å². The van der Waals surface area contributed by atoms with E-state index in [1.165, 1.54) is 6.92 Å². The van der Waals surface area contributed by atoms with E-state index in [4.69, 9.17) is 0 Å². The highest BCUT2D eigenvalue weighted by Crippen LogP contribution is 2.31. The van der Waals surface area contributed by atoms with Gasteiger partial charge in [-0.15, -0.1) is 0 Å². The SMILES string of the molecule is CC(=O)c1cc2c(c3ccccc13)C=CCC2=O. The van der Waals surface area contributed by atoms with Crippen molar-refractivity contribution in [1.29, 1.82) is 0 Å². The molecule has 0 atom stereocenters. The molecule has 0 aromatic heterocycles. The summed E-state index contributed by atoms with van der Waals surface area (Å²) in [6, 6.07) is 9.48.